The second-order valence-electron chi connectivity index (χ2n) is 8.59. The third kappa shape index (κ3) is 4.09. The van der Waals surface area contributed by atoms with Crippen molar-refractivity contribution in [3.8, 4) is 5.75 Å². The fourth-order valence-electron chi connectivity index (χ4n) is 4.88. The first-order valence-electron chi connectivity index (χ1n) is 10.1. The minimum absolute atomic E-state index is 0.139. The molecule has 0 amide bonds. The lowest BCUT2D eigenvalue weighted by atomic mass is 9.57. The highest BCUT2D eigenvalue weighted by Crippen LogP contribution is 2.54. The largest absolute Gasteiger partial charge is 0.507 e. The van der Waals surface area contributed by atoms with Gasteiger partial charge in [0.05, 0.1) is 11.9 Å². The molecule has 4 nitrogen and oxygen atoms in total. The van der Waals surface area contributed by atoms with E-state index in [1.807, 2.05) is 0 Å². The number of aromatic nitrogens is 1. The zero-order valence-corrected chi connectivity index (χ0v) is 19.2. The molecule has 2 N–H and O–H groups in total. The predicted octanol–water partition coefficient (Wildman–Crippen LogP) is 6.71. The number of aryl methyl sites for hydroxylation is 3. The number of thiazole rings is 1. The molecular formula is C24H26ClN3OS. The maximum absolute atomic E-state index is 9.86. The molecule has 0 spiro atoms. The molecule has 6 heteroatoms. The number of nitrogens with zero attached hydrogens (tertiary/aromatic N) is 2. The van der Waals surface area contributed by atoms with Gasteiger partial charge in [0.25, 0.3) is 0 Å². The molecule has 1 heterocycles. The number of nitrogens with one attached hydrogen (secondary N) is 1. The number of aromatic hydroxyl groups is 1. The molecule has 1 saturated carbocycles. The summed E-state index contributed by atoms with van der Waals surface area (Å²) >= 11 is 7.51. The van der Waals surface area contributed by atoms with E-state index in [-0.39, 0.29) is 11.2 Å². The number of hydrogen-bond donors (Lipinski definition) is 2. The van der Waals surface area contributed by atoms with Crippen molar-refractivity contribution in [2.45, 2.75) is 51.9 Å². The Balaban J connectivity index is 1.41. The van der Waals surface area contributed by atoms with E-state index in [0.717, 1.165) is 23.7 Å². The van der Waals surface area contributed by atoms with Gasteiger partial charge in [-0.15, -0.1) is 11.3 Å². The molecule has 1 aliphatic rings. The van der Waals surface area contributed by atoms with E-state index in [1.165, 1.54) is 22.3 Å². The molecule has 3 aromatic rings. The third-order valence-corrected chi connectivity index (χ3v) is 6.97. The van der Waals surface area contributed by atoms with Gasteiger partial charge in [0.15, 0.2) is 0 Å². The van der Waals surface area contributed by atoms with Crippen LogP contribution in [-0.2, 0) is 5.41 Å². The fraction of sp³-hybridized carbons (Fsp3) is 0.333. The molecule has 0 unspecified atom stereocenters. The lowest BCUT2D eigenvalue weighted by molar-refractivity contribution is 0.220. The molecule has 1 fully saturated rings. The lowest BCUT2D eigenvalue weighted by Crippen LogP contribution is -2.38. The second-order valence-corrected chi connectivity index (χ2v) is 9.88. The number of halogens is 1. The van der Waals surface area contributed by atoms with E-state index in [2.05, 4.69) is 55.7 Å². The van der Waals surface area contributed by atoms with E-state index >= 15 is 0 Å². The highest BCUT2D eigenvalue weighted by atomic mass is 35.5. The quantitative estimate of drug-likeness (QED) is 0.343. The Morgan fingerprint density at radius 3 is 2.60 bits per heavy atom. The first-order chi connectivity index (χ1) is 14.2. The van der Waals surface area contributed by atoms with Crippen LogP contribution in [0.1, 0.15) is 59.2 Å². The predicted molar refractivity (Wildman–Crippen MR) is 126 cm³/mol. The van der Waals surface area contributed by atoms with Crippen LogP contribution in [0.25, 0.3) is 0 Å². The van der Waals surface area contributed by atoms with E-state index in [9.17, 15) is 5.11 Å². The summed E-state index contributed by atoms with van der Waals surface area (Å²) in [6.45, 7) is 9.00. The summed E-state index contributed by atoms with van der Waals surface area (Å²) in [5.74, 6) is 0.614. The normalized spacial score (nSPS) is 21.0. The molecule has 0 aliphatic heterocycles. The highest BCUT2D eigenvalue weighted by molar-refractivity contribution is 7.13. The average Bonchev–Trinajstić information content (AvgIpc) is 3.10. The second kappa shape index (κ2) is 8.05. The molecule has 2 aromatic carbocycles. The van der Waals surface area contributed by atoms with E-state index < -0.39 is 0 Å². The first-order valence-corrected chi connectivity index (χ1v) is 11.3. The summed E-state index contributed by atoms with van der Waals surface area (Å²) < 4.78 is 0. The smallest absolute Gasteiger partial charge is 0.203 e. The summed E-state index contributed by atoms with van der Waals surface area (Å²) in [7, 11) is 0. The number of phenols is 1. The van der Waals surface area contributed by atoms with Crippen LogP contribution in [0.3, 0.4) is 0 Å². The van der Waals surface area contributed by atoms with Crippen LogP contribution in [0.15, 0.2) is 40.8 Å². The summed E-state index contributed by atoms with van der Waals surface area (Å²) in [4.78, 5) is 4.73. The van der Waals surface area contributed by atoms with Crippen molar-refractivity contribution in [3.05, 3.63) is 74.2 Å². The van der Waals surface area contributed by atoms with E-state index in [4.69, 9.17) is 16.6 Å². The van der Waals surface area contributed by atoms with Crippen molar-refractivity contribution in [1.29, 1.82) is 0 Å². The maximum Gasteiger partial charge on any atom is 0.203 e. The Labute approximate surface area is 186 Å². The Morgan fingerprint density at radius 1 is 1.20 bits per heavy atom. The monoisotopic (exact) mass is 439 g/mol. The van der Waals surface area contributed by atoms with Gasteiger partial charge in [-0.1, -0.05) is 36.2 Å². The molecular weight excluding hydrogens is 414 g/mol. The minimum Gasteiger partial charge on any atom is -0.507 e. The van der Waals surface area contributed by atoms with Crippen LogP contribution in [0.4, 0.5) is 5.13 Å². The van der Waals surface area contributed by atoms with Crippen molar-refractivity contribution in [2.24, 2.45) is 5.10 Å². The Morgan fingerprint density at radius 2 is 1.90 bits per heavy atom. The molecule has 1 aliphatic carbocycles. The Kier molecular flexibility index (Phi) is 5.60. The van der Waals surface area contributed by atoms with Gasteiger partial charge < -0.3 is 5.11 Å². The van der Waals surface area contributed by atoms with Crippen LogP contribution in [0.2, 0.25) is 5.02 Å². The number of hydrazone groups is 1. The number of rotatable bonds is 5. The van der Waals surface area contributed by atoms with Gasteiger partial charge in [-0.3, -0.25) is 5.43 Å². The van der Waals surface area contributed by atoms with Gasteiger partial charge in [0.2, 0.25) is 5.13 Å². The van der Waals surface area contributed by atoms with E-state index in [1.54, 1.807) is 35.8 Å². The molecule has 1 aromatic heterocycles. The highest BCUT2D eigenvalue weighted by Gasteiger charge is 2.44. The molecule has 0 radical (unpaired) electrons. The Bertz CT molecular complexity index is 1090. The van der Waals surface area contributed by atoms with Crippen LogP contribution in [0, 0.1) is 20.8 Å². The number of phenolic OH excluding ortho intramolecular Hbond substituents is 1. The minimum atomic E-state index is 0.139. The van der Waals surface area contributed by atoms with Crippen LogP contribution >= 0.6 is 22.9 Å². The zero-order valence-electron chi connectivity index (χ0n) is 17.7. The van der Waals surface area contributed by atoms with Crippen LogP contribution in [0.5, 0.6) is 5.75 Å². The van der Waals surface area contributed by atoms with Gasteiger partial charge in [-0.25, -0.2) is 4.98 Å². The average molecular weight is 440 g/mol. The molecule has 30 heavy (non-hydrogen) atoms. The van der Waals surface area contributed by atoms with E-state index in [0.29, 0.717) is 16.5 Å². The molecule has 0 saturated heterocycles. The number of hydrogen-bond acceptors (Lipinski definition) is 5. The summed E-state index contributed by atoms with van der Waals surface area (Å²) in [5, 5.41) is 17.5. The van der Waals surface area contributed by atoms with Gasteiger partial charge in [-0.05, 0) is 73.9 Å². The summed E-state index contributed by atoms with van der Waals surface area (Å²) in [5.41, 5.74) is 10.5. The van der Waals surface area contributed by atoms with Crippen LogP contribution in [-0.4, -0.2) is 16.3 Å². The van der Waals surface area contributed by atoms with Crippen LogP contribution < -0.4 is 5.43 Å². The van der Waals surface area contributed by atoms with Crippen molar-refractivity contribution in [1.82, 2.24) is 4.98 Å². The number of anilines is 1. The summed E-state index contributed by atoms with van der Waals surface area (Å²) in [6, 6.07) is 9.44. The third-order valence-electron chi connectivity index (χ3n) is 5.97. The SMILES string of the molecule is Cc1cc(C)c(C2(C)CC(c3csc(N/N=C/c4cc(Cl)ccc4O)n3)C2)c(C)c1. The van der Waals surface area contributed by atoms with Crippen molar-refractivity contribution < 1.29 is 5.11 Å². The van der Waals surface area contributed by atoms with Crippen molar-refractivity contribution >= 4 is 34.3 Å². The van der Waals surface area contributed by atoms with Gasteiger partial charge in [0.1, 0.15) is 5.75 Å². The standard InChI is InChI=1S/C24H26ClN3OS/c1-14-7-15(2)22(16(3)8-14)24(4)10-18(11-24)20-13-30-23(27-20)28-26-12-17-9-19(25)5-6-21(17)29/h5-9,12-13,18,29H,10-11H2,1-4H3,(H,27,28)/b26-12+. The molecule has 156 valence electrons. The van der Waals surface area contributed by atoms with Crippen molar-refractivity contribution in [2.75, 3.05) is 5.43 Å². The molecule has 0 bridgehead atoms. The Hall–Kier alpha value is -2.37. The maximum atomic E-state index is 9.86. The first kappa shape index (κ1) is 20.9. The molecule has 0 atom stereocenters. The lowest BCUT2D eigenvalue weighted by Gasteiger charge is -2.47. The van der Waals surface area contributed by atoms with Gasteiger partial charge in [-0.2, -0.15) is 5.10 Å². The molecule has 4 rings (SSSR count). The topological polar surface area (TPSA) is 57.5 Å². The zero-order chi connectivity index (χ0) is 21.5. The van der Waals surface area contributed by atoms with Crippen molar-refractivity contribution in [3.63, 3.8) is 0 Å². The number of benzene rings is 2. The fourth-order valence-corrected chi connectivity index (χ4v) is 5.81. The van der Waals surface area contributed by atoms with Gasteiger partial charge in [0, 0.05) is 21.9 Å². The summed E-state index contributed by atoms with van der Waals surface area (Å²) in [6.07, 6.45) is 3.77. The van der Waals surface area contributed by atoms with Gasteiger partial charge >= 0.3 is 0 Å².